The van der Waals surface area contributed by atoms with Crippen LogP contribution in [-0.4, -0.2) is 31.9 Å². The van der Waals surface area contributed by atoms with Gasteiger partial charge in [0.1, 0.15) is 11.5 Å². The van der Waals surface area contributed by atoms with Gasteiger partial charge in [0.05, 0.1) is 20.3 Å². The van der Waals surface area contributed by atoms with Crippen molar-refractivity contribution in [1.82, 2.24) is 0 Å². The Morgan fingerprint density at radius 2 is 2.12 bits per heavy atom. The monoisotopic (exact) mass is 240 g/mol. The largest absolute Gasteiger partial charge is 0.497 e. The lowest BCUT2D eigenvalue weighted by atomic mass is 10.1. The molecule has 1 unspecified atom stereocenters. The first-order valence-electron chi connectivity index (χ1n) is 5.14. The molecule has 0 saturated carbocycles. The number of carbonyl (C=O) groups is 1. The lowest BCUT2D eigenvalue weighted by Crippen LogP contribution is -2.13. The van der Waals surface area contributed by atoms with E-state index in [9.17, 15) is 9.90 Å². The van der Waals surface area contributed by atoms with Gasteiger partial charge in [0.15, 0.2) is 6.61 Å². The maximum Gasteiger partial charge on any atom is 0.343 e. The Hall–Kier alpha value is -1.75. The summed E-state index contributed by atoms with van der Waals surface area (Å²) in [7, 11) is 2.81. The summed E-state index contributed by atoms with van der Waals surface area (Å²) in [5.41, 5.74) is 0.592. The highest BCUT2D eigenvalue weighted by molar-refractivity contribution is 5.71. The smallest absolute Gasteiger partial charge is 0.343 e. The minimum Gasteiger partial charge on any atom is -0.497 e. The molecule has 1 aromatic carbocycles. The molecule has 0 aromatic heterocycles. The van der Waals surface area contributed by atoms with Crippen molar-refractivity contribution in [2.45, 2.75) is 13.0 Å². The number of methoxy groups -OCH3 is 2. The van der Waals surface area contributed by atoms with Crippen LogP contribution in [0, 0.1) is 0 Å². The topological polar surface area (TPSA) is 65.0 Å². The Labute approximate surface area is 99.9 Å². The second-order valence-corrected chi connectivity index (χ2v) is 3.44. The lowest BCUT2D eigenvalue weighted by Gasteiger charge is -2.13. The summed E-state index contributed by atoms with van der Waals surface area (Å²) in [6.45, 7) is 1.41. The molecule has 0 saturated heterocycles. The van der Waals surface area contributed by atoms with Crippen LogP contribution in [0.4, 0.5) is 0 Å². The molecule has 0 aliphatic heterocycles. The minimum atomic E-state index is -0.687. The summed E-state index contributed by atoms with van der Waals surface area (Å²) in [6, 6.07) is 5.02. The van der Waals surface area contributed by atoms with Crippen LogP contribution in [0.3, 0.4) is 0 Å². The summed E-state index contributed by atoms with van der Waals surface area (Å²) < 4.78 is 14.8. The number of rotatable bonds is 5. The van der Waals surface area contributed by atoms with Gasteiger partial charge < -0.3 is 19.3 Å². The SMILES string of the molecule is COC(=O)COc1cc(OC)ccc1C(C)O. The lowest BCUT2D eigenvalue weighted by molar-refractivity contribution is -0.142. The quantitative estimate of drug-likeness (QED) is 0.786. The van der Waals surface area contributed by atoms with Crippen molar-refractivity contribution >= 4 is 5.97 Å². The van der Waals surface area contributed by atoms with Crippen molar-refractivity contribution in [2.75, 3.05) is 20.8 Å². The van der Waals surface area contributed by atoms with E-state index in [0.29, 0.717) is 17.1 Å². The normalized spacial score (nSPS) is 11.8. The van der Waals surface area contributed by atoms with Crippen LogP contribution in [0.25, 0.3) is 0 Å². The van der Waals surface area contributed by atoms with Crippen molar-refractivity contribution < 1.29 is 24.1 Å². The maximum atomic E-state index is 11.0. The summed E-state index contributed by atoms with van der Waals surface area (Å²) in [5.74, 6) is 0.517. The van der Waals surface area contributed by atoms with E-state index in [2.05, 4.69) is 4.74 Å². The molecular weight excluding hydrogens is 224 g/mol. The van der Waals surface area contributed by atoms with Gasteiger partial charge in [-0.15, -0.1) is 0 Å². The molecule has 5 nitrogen and oxygen atoms in total. The third kappa shape index (κ3) is 3.64. The Kier molecular flexibility index (Phi) is 4.78. The summed E-state index contributed by atoms with van der Waals surface area (Å²) in [4.78, 5) is 11.0. The van der Waals surface area contributed by atoms with Crippen molar-refractivity contribution in [3.05, 3.63) is 23.8 Å². The van der Waals surface area contributed by atoms with Gasteiger partial charge in [-0.3, -0.25) is 0 Å². The molecule has 94 valence electrons. The molecule has 5 heteroatoms. The van der Waals surface area contributed by atoms with Gasteiger partial charge in [0.2, 0.25) is 0 Å². The highest BCUT2D eigenvalue weighted by Crippen LogP contribution is 2.29. The molecule has 0 amide bonds. The van der Waals surface area contributed by atoms with Gasteiger partial charge in [-0.05, 0) is 19.1 Å². The summed E-state index contributed by atoms with van der Waals surface area (Å²) in [6.07, 6.45) is -0.687. The second kappa shape index (κ2) is 6.10. The molecule has 0 aliphatic rings. The molecule has 1 aromatic rings. The van der Waals surface area contributed by atoms with Crippen LogP contribution in [0.2, 0.25) is 0 Å². The Morgan fingerprint density at radius 3 is 2.65 bits per heavy atom. The van der Waals surface area contributed by atoms with Gasteiger partial charge in [0.25, 0.3) is 0 Å². The average molecular weight is 240 g/mol. The van der Waals surface area contributed by atoms with Crippen LogP contribution in [0.1, 0.15) is 18.6 Å². The molecule has 1 N–H and O–H groups in total. The van der Waals surface area contributed by atoms with Crippen LogP contribution < -0.4 is 9.47 Å². The van der Waals surface area contributed by atoms with E-state index in [1.165, 1.54) is 14.2 Å². The highest BCUT2D eigenvalue weighted by atomic mass is 16.6. The molecule has 0 fully saturated rings. The van der Waals surface area contributed by atoms with E-state index in [-0.39, 0.29) is 6.61 Å². The van der Waals surface area contributed by atoms with E-state index in [1.807, 2.05) is 0 Å². The molecule has 1 atom stereocenters. The molecule has 17 heavy (non-hydrogen) atoms. The first-order chi connectivity index (χ1) is 8.08. The number of hydrogen-bond acceptors (Lipinski definition) is 5. The number of aliphatic hydroxyl groups excluding tert-OH is 1. The van der Waals surface area contributed by atoms with Crippen molar-refractivity contribution in [2.24, 2.45) is 0 Å². The third-order valence-corrected chi connectivity index (χ3v) is 2.24. The number of hydrogen-bond donors (Lipinski definition) is 1. The molecule has 0 radical (unpaired) electrons. The zero-order valence-corrected chi connectivity index (χ0v) is 10.1. The van der Waals surface area contributed by atoms with Gasteiger partial charge in [-0.25, -0.2) is 4.79 Å². The number of ether oxygens (including phenoxy) is 3. The van der Waals surface area contributed by atoms with E-state index in [4.69, 9.17) is 9.47 Å². The van der Waals surface area contributed by atoms with E-state index < -0.39 is 12.1 Å². The standard InChI is InChI=1S/C12H16O5/c1-8(13)10-5-4-9(15-2)6-11(10)17-7-12(14)16-3/h4-6,8,13H,7H2,1-3H3. The zero-order valence-electron chi connectivity index (χ0n) is 10.1. The van der Waals surface area contributed by atoms with Gasteiger partial charge in [-0.2, -0.15) is 0 Å². The zero-order chi connectivity index (χ0) is 12.8. The molecule has 0 spiro atoms. The molecule has 0 bridgehead atoms. The maximum absolute atomic E-state index is 11.0. The Bertz CT molecular complexity index is 386. The Morgan fingerprint density at radius 1 is 1.41 bits per heavy atom. The predicted octanol–water partition coefficient (Wildman–Crippen LogP) is 1.30. The third-order valence-electron chi connectivity index (χ3n) is 2.24. The first-order valence-corrected chi connectivity index (χ1v) is 5.14. The van der Waals surface area contributed by atoms with Crippen LogP contribution >= 0.6 is 0 Å². The fourth-order valence-corrected chi connectivity index (χ4v) is 1.31. The fraction of sp³-hybridized carbons (Fsp3) is 0.417. The van der Waals surface area contributed by atoms with E-state index in [1.54, 1.807) is 25.1 Å². The molecule has 0 aliphatic carbocycles. The first kappa shape index (κ1) is 13.3. The number of esters is 1. The molecule has 1 rings (SSSR count). The van der Waals surface area contributed by atoms with Crippen molar-refractivity contribution in [3.8, 4) is 11.5 Å². The van der Waals surface area contributed by atoms with Crippen molar-refractivity contribution in [3.63, 3.8) is 0 Å². The van der Waals surface area contributed by atoms with Crippen LogP contribution in [0.15, 0.2) is 18.2 Å². The minimum absolute atomic E-state index is 0.205. The predicted molar refractivity (Wildman–Crippen MR) is 61.1 cm³/mol. The van der Waals surface area contributed by atoms with E-state index in [0.717, 1.165) is 0 Å². The summed E-state index contributed by atoms with van der Waals surface area (Å²) in [5, 5.41) is 9.55. The highest BCUT2D eigenvalue weighted by Gasteiger charge is 2.12. The molecular formula is C12H16O5. The Balaban J connectivity index is 2.89. The molecule has 0 heterocycles. The summed E-state index contributed by atoms with van der Waals surface area (Å²) >= 11 is 0. The van der Waals surface area contributed by atoms with Gasteiger partial charge in [0, 0.05) is 11.6 Å². The van der Waals surface area contributed by atoms with Crippen molar-refractivity contribution in [1.29, 1.82) is 0 Å². The van der Waals surface area contributed by atoms with Crippen LogP contribution in [-0.2, 0) is 9.53 Å². The average Bonchev–Trinajstić information content (AvgIpc) is 2.35. The van der Waals surface area contributed by atoms with Gasteiger partial charge in [-0.1, -0.05) is 0 Å². The number of carbonyl (C=O) groups excluding carboxylic acids is 1. The second-order valence-electron chi connectivity index (χ2n) is 3.44. The fourth-order valence-electron chi connectivity index (χ4n) is 1.31. The number of aliphatic hydroxyl groups is 1. The van der Waals surface area contributed by atoms with Gasteiger partial charge >= 0.3 is 5.97 Å². The van der Waals surface area contributed by atoms with Crippen LogP contribution in [0.5, 0.6) is 11.5 Å². The number of benzene rings is 1. The van der Waals surface area contributed by atoms with E-state index >= 15 is 0 Å².